The molecule has 2 heterocycles. The van der Waals surface area contributed by atoms with E-state index in [9.17, 15) is 14.2 Å². The van der Waals surface area contributed by atoms with Gasteiger partial charge in [0.25, 0.3) is 0 Å². The van der Waals surface area contributed by atoms with E-state index in [-0.39, 0.29) is 24.8 Å². The predicted octanol–water partition coefficient (Wildman–Crippen LogP) is 1.87. The lowest BCUT2D eigenvalue weighted by Gasteiger charge is -2.19. The molecule has 0 unspecified atom stereocenters. The summed E-state index contributed by atoms with van der Waals surface area (Å²) >= 11 is 3.14. The normalized spacial score (nSPS) is 12.6. The Morgan fingerprint density at radius 3 is 2.97 bits per heavy atom. The summed E-state index contributed by atoms with van der Waals surface area (Å²) in [6, 6.07) is 10.1. The molecule has 0 saturated carbocycles. The van der Waals surface area contributed by atoms with Crippen LogP contribution in [0.3, 0.4) is 0 Å². The van der Waals surface area contributed by atoms with Crippen molar-refractivity contribution in [3.63, 3.8) is 0 Å². The van der Waals surface area contributed by atoms with Crippen LogP contribution in [0.25, 0.3) is 0 Å². The van der Waals surface area contributed by atoms with E-state index in [1.54, 1.807) is 24.1 Å². The minimum atomic E-state index is -0.921. The molecule has 12 heteroatoms. The van der Waals surface area contributed by atoms with Gasteiger partial charge in [-0.15, -0.1) is 0 Å². The van der Waals surface area contributed by atoms with Gasteiger partial charge in [-0.2, -0.15) is 0 Å². The number of carbonyl (C=O) groups excluding carboxylic acids is 1. The van der Waals surface area contributed by atoms with Crippen LogP contribution < -0.4 is 16.1 Å². The molecule has 3 N–H and O–H groups in total. The van der Waals surface area contributed by atoms with Gasteiger partial charge in [0.1, 0.15) is 11.5 Å². The maximum atomic E-state index is 13.4. The maximum Gasteiger partial charge on any atom is 0.491 e. The first kappa shape index (κ1) is 22.2. The Morgan fingerprint density at radius 1 is 1.31 bits per heavy atom. The topological polar surface area (TPSA) is 113 Å². The molecule has 0 radical (unpaired) electrons. The number of hydrogen-bond donors (Lipinski definition) is 3. The number of fused-ring (bicyclic) bond motifs is 1. The Kier molecular flexibility index (Phi) is 6.73. The highest BCUT2D eigenvalue weighted by atomic mass is 79.9. The molecule has 4 rings (SSSR count). The van der Waals surface area contributed by atoms with Crippen molar-refractivity contribution in [2.24, 2.45) is 0 Å². The number of amides is 1. The van der Waals surface area contributed by atoms with Crippen molar-refractivity contribution in [2.75, 3.05) is 24.2 Å². The van der Waals surface area contributed by atoms with Gasteiger partial charge in [-0.1, -0.05) is 23.4 Å². The SMILES string of the molecule is CN(Cc1cccc2c1COB2O)C(=O)CNc1nonc1CNc1ccc(F)c(Br)c1. The quantitative estimate of drug-likeness (QED) is 0.399. The molecule has 0 bridgehead atoms. The Bertz CT molecular complexity index is 1130. The second-order valence-corrected chi connectivity index (χ2v) is 8.15. The van der Waals surface area contributed by atoms with Crippen LogP contribution in [0, 0.1) is 5.82 Å². The first-order valence-corrected chi connectivity index (χ1v) is 10.6. The lowest BCUT2D eigenvalue weighted by molar-refractivity contribution is -0.128. The van der Waals surface area contributed by atoms with Crippen molar-refractivity contribution in [1.82, 2.24) is 15.2 Å². The van der Waals surface area contributed by atoms with Crippen LogP contribution in [0.5, 0.6) is 0 Å². The van der Waals surface area contributed by atoms with E-state index in [2.05, 4.69) is 36.9 Å². The van der Waals surface area contributed by atoms with Crippen molar-refractivity contribution in [3.8, 4) is 0 Å². The highest BCUT2D eigenvalue weighted by Crippen LogP contribution is 2.21. The van der Waals surface area contributed by atoms with Gasteiger partial charge in [-0.25, -0.2) is 9.02 Å². The lowest BCUT2D eigenvalue weighted by Crippen LogP contribution is -2.33. The minimum absolute atomic E-state index is 0.00599. The molecule has 1 aromatic heterocycles. The van der Waals surface area contributed by atoms with Crippen LogP contribution >= 0.6 is 15.9 Å². The van der Waals surface area contributed by atoms with Gasteiger partial charge in [-0.05, 0) is 55.9 Å². The van der Waals surface area contributed by atoms with Crippen molar-refractivity contribution in [3.05, 3.63) is 63.5 Å². The van der Waals surface area contributed by atoms with E-state index in [1.807, 2.05) is 18.2 Å². The third kappa shape index (κ3) is 4.92. The fourth-order valence-electron chi connectivity index (χ4n) is 3.35. The van der Waals surface area contributed by atoms with Crippen LogP contribution in [0.2, 0.25) is 0 Å². The van der Waals surface area contributed by atoms with E-state index in [0.717, 1.165) is 16.6 Å². The molecule has 1 amide bonds. The molecule has 0 fully saturated rings. The molecule has 32 heavy (non-hydrogen) atoms. The minimum Gasteiger partial charge on any atom is -0.423 e. The van der Waals surface area contributed by atoms with E-state index < -0.39 is 7.12 Å². The summed E-state index contributed by atoms with van der Waals surface area (Å²) in [6.45, 7) is 0.962. The summed E-state index contributed by atoms with van der Waals surface area (Å²) in [5.41, 5.74) is 3.74. The number of nitrogens with zero attached hydrogens (tertiary/aromatic N) is 3. The smallest absolute Gasteiger partial charge is 0.423 e. The fourth-order valence-corrected chi connectivity index (χ4v) is 3.73. The standard InChI is InChI=1S/C20H20BBrFN5O4/c1-28(10-12-3-2-4-15-14(12)11-31-21(15)30)19(29)9-25-20-18(26-32-27-20)8-24-13-5-6-17(23)16(22)7-13/h2-7,24,30H,8-11H2,1H3,(H,25,27). The number of carbonyl (C=O) groups is 1. The zero-order chi connectivity index (χ0) is 22.7. The summed E-state index contributed by atoms with van der Waals surface area (Å²) in [7, 11) is 0.779. The lowest BCUT2D eigenvalue weighted by atomic mass is 9.78. The van der Waals surface area contributed by atoms with Gasteiger partial charge in [0.05, 0.1) is 24.2 Å². The number of nitrogens with one attached hydrogen (secondary N) is 2. The summed E-state index contributed by atoms with van der Waals surface area (Å²) in [6.07, 6.45) is 0. The zero-order valence-corrected chi connectivity index (χ0v) is 18.7. The average Bonchev–Trinajstić information content (AvgIpc) is 3.40. The number of aromatic nitrogens is 2. The second kappa shape index (κ2) is 9.68. The molecule has 0 spiro atoms. The Labute approximate surface area is 192 Å². The van der Waals surface area contributed by atoms with Gasteiger partial charge in [0.15, 0.2) is 5.82 Å². The largest absolute Gasteiger partial charge is 0.491 e. The highest BCUT2D eigenvalue weighted by molar-refractivity contribution is 9.10. The first-order chi connectivity index (χ1) is 15.4. The number of rotatable bonds is 8. The highest BCUT2D eigenvalue weighted by Gasteiger charge is 2.29. The van der Waals surface area contributed by atoms with E-state index in [4.69, 9.17) is 9.28 Å². The molecule has 3 aromatic rings. The number of halogens is 2. The Morgan fingerprint density at radius 2 is 2.16 bits per heavy atom. The molecule has 1 aliphatic heterocycles. The molecule has 9 nitrogen and oxygen atoms in total. The summed E-state index contributed by atoms with van der Waals surface area (Å²) in [4.78, 5) is 14.2. The van der Waals surface area contributed by atoms with Crippen LogP contribution in [-0.2, 0) is 29.1 Å². The molecule has 1 aliphatic rings. The molecular weight excluding hydrogens is 484 g/mol. The number of hydrogen-bond acceptors (Lipinski definition) is 8. The third-order valence-corrected chi connectivity index (χ3v) is 5.74. The van der Waals surface area contributed by atoms with Gasteiger partial charge >= 0.3 is 7.12 Å². The summed E-state index contributed by atoms with van der Waals surface area (Å²) in [5, 5.41) is 23.5. The Balaban J connectivity index is 1.32. The van der Waals surface area contributed by atoms with Gasteiger partial charge in [0, 0.05) is 19.3 Å². The van der Waals surface area contributed by atoms with E-state index in [1.165, 1.54) is 6.07 Å². The van der Waals surface area contributed by atoms with Crippen LogP contribution in [-0.4, -0.2) is 46.9 Å². The number of benzene rings is 2. The van der Waals surface area contributed by atoms with Gasteiger partial charge < -0.3 is 25.2 Å². The molecule has 166 valence electrons. The first-order valence-electron chi connectivity index (χ1n) is 9.81. The van der Waals surface area contributed by atoms with Gasteiger partial charge in [-0.3, -0.25) is 4.79 Å². The number of likely N-dealkylation sites (N-methyl/N-ethyl adjacent to an activating group) is 1. The van der Waals surface area contributed by atoms with Crippen LogP contribution in [0.4, 0.5) is 15.9 Å². The fraction of sp³-hybridized carbons (Fsp3) is 0.250. The van der Waals surface area contributed by atoms with E-state index >= 15 is 0 Å². The molecule has 0 atom stereocenters. The summed E-state index contributed by atoms with van der Waals surface area (Å²) in [5.74, 6) is -0.170. The van der Waals surface area contributed by atoms with Crippen molar-refractivity contribution < 1.29 is 23.5 Å². The van der Waals surface area contributed by atoms with Crippen molar-refractivity contribution >= 4 is 45.9 Å². The second-order valence-electron chi connectivity index (χ2n) is 7.29. The molecule has 0 aliphatic carbocycles. The Hall–Kier alpha value is -2.96. The zero-order valence-electron chi connectivity index (χ0n) is 17.1. The predicted molar refractivity (Wildman–Crippen MR) is 120 cm³/mol. The number of anilines is 2. The summed E-state index contributed by atoms with van der Waals surface area (Å²) < 4.78 is 23.8. The van der Waals surface area contributed by atoms with E-state index in [0.29, 0.717) is 34.8 Å². The maximum absolute atomic E-state index is 13.4. The molecule has 0 saturated heterocycles. The third-order valence-electron chi connectivity index (χ3n) is 5.14. The molecular formula is C20H20BBrFN5O4. The van der Waals surface area contributed by atoms with Crippen molar-refractivity contribution in [1.29, 1.82) is 0 Å². The van der Waals surface area contributed by atoms with Gasteiger partial charge in [0.2, 0.25) is 5.91 Å². The van der Waals surface area contributed by atoms with Crippen molar-refractivity contribution in [2.45, 2.75) is 19.7 Å². The monoisotopic (exact) mass is 503 g/mol. The average molecular weight is 504 g/mol. The van der Waals surface area contributed by atoms with Crippen LogP contribution in [0.1, 0.15) is 16.8 Å². The van der Waals surface area contributed by atoms with Crippen LogP contribution in [0.15, 0.2) is 45.5 Å². The molecule has 2 aromatic carbocycles.